The van der Waals surface area contributed by atoms with Crippen molar-refractivity contribution in [2.24, 2.45) is 0 Å². The normalized spacial score (nSPS) is 11.7. The number of alkyl halides is 1. The molecule has 0 bridgehead atoms. The molecule has 0 amide bonds. The van der Waals surface area contributed by atoms with Crippen LogP contribution in [-0.4, -0.2) is 48.6 Å². The molecule has 0 unspecified atom stereocenters. The molecule has 2 aromatic carbocycles. The Morgan fingerprint density at radius 1 is 1.00 bits per heavy atom. The predicted molar refractivity (Wildman–Crippen MR) is 136 cm³/mol. The van der Waals surface area contributed by atoms with Crippen LogP contribution in [0.4, 0.5) is 4.39 Å². The van der Waals surface area contributed by atoms with E-state index in [1.807, 2.05) is 18.2 Å². The topological polar surface area (TPSA) is 31.4 Å². The Labute approximate surface area is 210 Å². The first-order chi connectivity index (χ1) is 15.5. The fourth-order valence-corrected chi connectivity index (χ4v) is 3.29. The number of quaternary nitrogens is 1. The molecule has 8 heteroatoms. The standard InChI is InChI=1S/C24H28Cl2FN2O2.CH3Cl/c1-24(2,3)29(4,5)11-12-30-16-13-20(27)21(28-14-16)15-31-22-8-6-7-18-17(22)9-10-19(25)23(18)26;1-2/h6-10,13-14H,11-12,15H2,1-5H3;1H3/q+1;. The highest BCUT2D eigenvalue weighted by atomic mass is 35.5. The first-order valence-electron chi connectivity index (χ1n) is 10.5. The second-order valence-electron chi connectivity index (χ2n) is 9.03. The van der Waals surface area contributed by atoms with Gasteiger partial charge in [0.25, 0.3) is 0 Å². The third kappa shape index (κ3) is 6.86. The maximum atomic E-state index is 14.6. The van der Waals surface area contributed by atoms with Crippen LogP contribution in [0.15, 0.2) is 42.6 Å². The maximum Gasteiger partial charge on any atom is 0.151 e. The first-order valence-corrected chi connectivity index (χ1v) is 12.0. The van der Waals surface area contributed by atoms with Crippen molar-refractivity contribution < 1.29 is 18.3 Å². The molecule has 0 fully saturated rings. The molecule has 0 spiro atoms. The van der Waals surface area contributed by atoms with Crippen molar-refractivity contribution >= 4 is 45.6 Å². The number of rotatable bonds is 7. The van der Waals surface area contributed by atoms with Crippen LogP contribution in [0.2, 0.25) is 10.0 Å². The minimum atomic E-state index is -0.469. The van der Waals surface area contributed by atoms with E-state index in [4.69, 9.17) is 32.7 Å². The molecule has 0 aliphatic heterocycles. The Bertz CT molecular complexity index is 1090. The zero-order valence-electron chi connectivity index (χ0n) is 19.9. The highest BCUT2D eigenvalue weighted by Gasteiger charge is 2.31. The summed E-state index contributed by atoms with van der Waals surface area (Å²) in [4.78, 5) is 4.19. The molecule has 0 saturated carbocycles. The van der Waals surface area contributed by atoms with Gasteiger partial charge in [-0.25, -0.2) is 4.39 Å². The van der Waals surface area contributed by atoms with E-state index in [1.165, 1.54) is 18.6 Å². The molecule has 180 valence electrons. The monoisotopic (exact) mass is 515 g/mol. The van der Waals surface area contributed by atoms with Gasteiger partial charge in [-0.1, -0.05) is 35.3 Å². The molecule has 0 aliphatic carbocycles. The summed E-state index contributed by atoms with van der Waals surface area (Å²) in [7, 11) is 4.30. The lowest BCUT2D eigenvalue weighted by Crippen LogP contribution is -2.55. The zero-order valence-corrected chi connectivity index (χ0v) is 22.2. The summed E-state index contributed by atoms with van der Waals surface area (Å²) in [6.45, 7) is 7.80. The molecule has 0 radical (unpaired) electrons. The lowest BCUT2D eigenvalue weighted by Gasteiger charge is -2.42. The van der Waals surface area contributed by atoms with Gasteiger partial charge < -0.3 is 14.0 Å². The molecule has 4 nitrogen and oxygen atoms in total. The Balaban J connectivity index is 0.00000187. The first kappa shape index (κ1) is 27.5. The van der Waals surface area contributed by atoms with E-state index in [1.54, 1.807) is 12.1 Å². The van der Waals surface area contributed by atoms with Crippen LogP contribution in [0.3, 0.4) is 0 Å². The number of hydrogen-bond donors (Lipinski definition) is 0. The number of halogens is 4. The highest BCUT2D eigenvalue weighted by Crippen LogP contribution is 2.35. The van der Waals surface area contributed by atoms with Gasteiger partial charge in [0.05, 0.1) is 35.9 Å². The Kier molecular flexibility index (Phi) is 9.62. The molecule has 0 saturated heterocycles. The molecular formula is C25H31Cl3FN2O2+. The molecule has 0 N–H and O–H groups in total. The van der Waals surface area contributed by atoms with Gasteiger partial charge in [0, 0.05) is 23.2 Å². The van der Waals surface area contributed by atoms with Gasteiger partial charge >= 0.3 is 0 Å². The summed E-state index contributed by atoms with van der Waals surface area (Å²) in [5, 5.41) is 2.51. The van der Waals surface area contributed by atoms with E-state index < -0.39 is 5.82 Å². The third-order valence-electron chi connectivity index (χ3n) is 5.90. The minimum absolute atomic E-state index is 0.0145. The van der Waals surface area contributed by atoms with Gasteiger partial charge in [0.2, 0.25) is 0 Å². The van der Waals surface area contributed by atoms with Crippen molar-refractivity contribution in [3.05, 3.63) is 64.2 Å². The number of ether oxygens (including phenoxy) is 2. The summed E-state index contributed by atoms with van der Waals surface area (Å²) in [6, 6.07) is 10.4. The van der Waals surface area contributed by atoms with Gasteiger partial charge in [-0.2, -0.15) is 0 Å². The number of pyridine rings is 1. The Morgan fingerprint density at radius 3 is 2.33 bits per heavy atom. The SMILES string of the molecule is CC(C)(C)[N+](C)(C)CCOc1cnc(COc2cccc3c(Cl)c(Cl)ccc23)c(F)c1.CCl. The molecule has 1 aromatic heterocycles. The van der Waals surface area contributed by atoms with Crippen molar-refractivity contribution in [1.29, 1.82) is 0 Å². The summed E-state index contributed by atoms with van der Waals surface area (Å²) in [5.74, 6) is 0.518. The number of fused-ring (bicyclic) bond motifs is 1. The fraction of sp³-hybridized carbons (Fsp3) is 0.400. The van der Waals surface area contributed by atoms with Crippen LogP contribution in [0, 0.1) is 5.82 Å². The summed E-state index contributed by atoms with van der Waals surface area (Å²) >= 11 is 17.0. The Hall–Kier alpha value is -1.79. The van der Waals surface area contributed by atoms with Crippen molar-refractivity contribution in [3.63, 3.8) is 0 Å². The number of hydrogen-bond acceptors (Lipinski definition) is 3. The Morgan fingerprint density at radius 2 is 1.70 bits per heavy atom. The quantitative estimate of drug-likeness (QED) is 0.243. The van der Waals surface area contributed by atoms with Crippen molar-refractivity contribution in [1.82, 2.24) is 4.98 Å². The van der Waals surface area contributed by atoms with Gasteiger partial charge in [-0.3, -0.25) is 4.98 Å². The summed E-state index contributed by atoms with van der Waals surface area (Å²) < 4.78 is 26.9. The molecule has 0 aliphatic rings. The van der Waals surface area contributed by atoms with Crippen LogP contribution in [0.1, 0.15) is 26.5 Å². The largest absolute Gasteiger partial charge is 0.487 e. The van der Waals surface area contributed by atoms with Crippen molar-refractivity contribution in [2.45, 2.75) is 32.9 Å². The van der Waals surface area contributed by atoms with Crippen LogP contribution in [-0.2, 0) is 6.61 Å². The maximum absolute atomic E-state index is 14.6. The highest BCUT2D eigenvalue weighted by molar-refractivity contribution is 6.45. The zero-order chi connectivity index (χ0) is 24.8. The number of aromatic nitrogens is 1. The molecule has 0 atom stereocenters. The second kappa shape index (κ2) is 11.6. The number of benzene rings is 2. The molecule has 3 rings (SSSR count). The summed E-state index contributed by atoms with van der Waals surface area (Å²) in [6.07, 6.45) is 3.00. The van der Waals surface area contributed by atoms with Crippen LogP contribution in [0.25, 0.3) is 10.8 Å². The number of nitrogens with zero attached hydrogens (tertiary/aromatic N) is 2. The predicted octanol–water partition coefficient (Wildman–Crippen LogP) is 7.37. The van der Waals surface area contributed by atoms with E-state index in [9.17, 15) is 4.39 Å². The molecule has 1 heterocycles. The minimum Gasteiger partial charge on any atom is -0.487 e. The van der Waals surface area contributed by atoms with Gasteiger partial charge in [-0.05, 0) is 39.0 Å². The molecule has 3 aromatic rings. The number of likely N-dealkylation sites (N-methyl/N-ethyl adjacent to an activating group) is 1. The van der Waals surface area contributed by atoms with Gasteiger partial charge in [-0.15, -0.1) is 11.6 Å². The second-order valence-corrected chi connectivity index (χ2v) is 9.81. The van der Waals surface area contributed by atoms with E-state index in [0.717, 1.165) is 21.8 Å². The van der Waals surface area contributed by atoms with Crippen LogP contribution >= 0.6 is 34.8 Å². The van der Waals surface area contributed by atoms with Crippen LogP contribution < -0.4 is 9.47 Å². The van der Waals surface area contributed by atoms with E-state index in [0.29, 0.717) is 28.2 Å². The van der Waals surface area contributed by atoms with Crippen LogP contribution in [0.5, 0.6) is 11.5 Å². The molecular weight excluding hydrogens is 486 g/mol. The lowest BCUT2D eigenvalue weighted by atomic mass is 10.0. The van der Waals surface area contributed by atoms with Crippen molar-refractivity contribution in [2.75, 3.05) is 33.6 Å². The van der Waals surface area contributed by atoms with Gasteiger partial charge in [0.1, 0.15) is 37.0 Å². The van der Waals surface area contributed by atoms with E-state index in [-0.39, 0.29) is 17.8 Å². The van der Waals surface area contributed by atoms with E-state index in [2.05, 4.69) is 51.5 Å². The lowest BCUT2D eigenvalue weighted by molar-refractivity contribution is -0.935. The average molecular weight is 517 g/mol. The smallest absolute Gasteiger partial charge is 0.151 e. The average Bonchev–Trinajstić information content (AvgIpc) is 2.76. The van der Waals surface area contributed by atoms with Gasteiger partial charge in [0.15, 0.2) is 5.82 Å². The molecule has 33 heavy (non-hydrogen) atoms. The summed E-state index contributed by atoms with van der Waals surface area (Å²) in [5.41, 5.74) is 0.292. The third-order valence-corrected chi connectivity index (χ3v) is 6.72. The van der Waals surface area contributed by atoms with E-state index >= 15 is 0 Å². The fourth-order valence-electron chi connectivity index (χ4n) is 2.90. The van der Waals surface area contributed by atoms with Crippen molar-refractivity contribution in [3.8, 4) is 11.5 Å².